The Hall–Kier alpha value is -8.40. The van der Waals surface area contributed by atoms with E-state index in [1.54, 1.807) is 0 Å². The summed E-state index contributed by atoms with van der Waals surface area (Å²) < 4.78 is 0. The van der Waals surface area contributed by atoms with E-state index in [9.17, 15) is 0 Å². The minimum atomic E-state index is 1.12. The Kier molecular flexibility index (Phi) is 34.2. The first-order valence-electron chi connectivity index (χ1n) is 48.5. The van der Waals surface area contributed by atoms with Crippen molar-refractivity contribution in [3.8, 4) is 66.8 Å². The smallest absolute Gasteiger partial charge is 0.0588 e. The van der Waals surface area contributed by atoms with Gasteiger partial charge in [-0.25, -0.2) is 0 Å². The fourth-order valence-electron chi connectivity index (χ4n) is 19.3. The van der Waals surface area contributed by atoms with Crippen molar-refractivity contribution in [1.29, 1.82) is 0 Å². The molecule has 3 nitrogen and oxygen atoms in total. The van der Waals surface area contributed by atoms with Crippen LogP contribution < -0.4 is 0 Å². The van der Waals surface area contributed by atoms with Crippen LogP contribution in [-0.4, -0.2) is 15.0 Å². The standard InChI is InChI=1S/C114H147N3/c1-7-13-19-25-31-37-43-49-85-55-67-91(68-56-85)97-79-103-106(82-100(97)94-73-61-88(62-74-94)52-46-40-34-28-22-16-10-4)115-112-109(103)113-111(104-80-98(92-69-57-86(58-70-92)50-44-38-32-26-20-14-8-2)101(83-107(104)116-113)95-75-63-89(64-76-95)53-47-41-35-29-23-17-11-5)114-110(112)105-81-99(93-71-59-87(60-72-93)51-45-39-33-27-21-15-9-3)102(84-108(105)117-114)96-77-65-90(66-78-96)54-48-42-36-30-24-18-12-6/h55-84,115-117H,7-54H2,1-6H3. The Balaban J connectivity index is 0.995. The molecule has 0 atom stereocenters. The van der Waals surface area contributed by atoms with Gasteiger partial charge >= 0.3 is 0 Å². The van der Waals surface area contributed by atoms with Crippen LogP contribution in [0.5, 0.6) is 0 Å². The van der Waals surface area contributed by atoms with E-state index in [-0.39, 0.29) is 0 Å². The maximum absolute atomic E-state index is 4.34. The van der Waals surface area contributed by atoms with Gasteiger partial charge in [0.25, 0.3) is 0 Å². The molecule has 0 aliphatic heterocycles. The van der Waals surface area contributed by atoms with Crippen molar-refractivity contribution < 1.29 is 0 Å². The highest BCUT2D eigenvalue weighted by Gasteiger charge is 2.26. The van der Waals surface area contributed by atoms with Gasteiger partial charge in [-0.15, -0.1) is 0 Å². The molecule has 618 valence electrons. The van der Waals surface area contributed by atoms with Crippen LogP contribution in [0.15, 0.2) is 182 Å². The average molecular weight is 1560 g/mol. The maximum Gasteiger partial charge on any atom is 0.0588 e. The molecule has 10 aromatic carbocycles. The number of aromatic amines is 3. The minimum Gasteiger partial charge on any atom is -0.354 e. The molecule has 0 amide bonds. The van der Waals surface area contributed by atoms with Crippen LogP contribution in [0.25, 0.3) is 132 Å². The third-order valence-corrected chi connectivity index (χ3v) is 26.6. The molecule has 3 aromatic heterocycles. The zero-order chi connectivity index (χ0) is 80.6. The van der Waals surface area contributed by atoms with Gasteiger partial charge in [0.2, 0.25) is 0 Å². The molecule has 3 heteroatoms. The predicted molar refractivity (Wildman–Crippen MR) is 517 cm³/mol. The number of unbranched alkanes of at least 4 members (excludes halogenated alkanes) is 36. The fraction of sp³-hybridized carbons (Fsp3) is 0.474. The largest absolute Gasteiger partial charge is 0.354 e. The number of nitrogens with one attached hydrogen (secondary N) is 3. The average Bonchev–Trinajstić information content (AvgIpc) is 1.53. The van der Waals surface area contributed by atoms with E-state index >= 15 is 0 Å². The Morgan fingerprint density at radius 2 is 0.308 bits per heavy atom. The number of aryl methyl sites for hydroxylation is 6. The van der Waals surface area contributed by atoms with Crippen molar-refractivity contribution in [2.45, 2.75) is 350 Å². The molecule has 3 heterocycles. The fourth-order valence-corrected chi connectivity index (χ4v) is 19.3. The topological polar surface area (TPSA) is 47.4 Å². The molecule has 0 aliphatic rings. The van der Waals surface area contributed by atoms with E-state index in [4.69, 9.17) is 0 Å². The lowest BCUT2D eigenvalue weighted by atomic mass is 9.90. The first kappa shape index (κ1) is 86.4. The molecule has 13 rings (SSSR count). The van der Waals surface area contributed by atoms with Crippen LogP contribution in [-0.2, 0) is 38.5 Å². The van der Waals surface area contributed by atoms with E-state index in [1.165, 1.54) is 419 Å². The second-order valence-electron chi connectivity index (χ2n) is 35.9. The van der Waals surface area contributed by atoms with E-state index in [0.29, 0.717) is 0 Å². The maximum atomic E-state index is 4.34. The minimum absolute atomic E-state index is 1.12. The summed E-state index contributed by atoms with van der Waals surface area (Å²) >= 11 is 0. The highest BCUT2D eigenvalue weighted by atomic mass is 14.8. The van der Waals surface area contributed by atoms with Crippen molar-refractivity contribution in [3.05, 3.63) is 215 Å². The van der Waals surface area contributed by atoms with Gasteiger partial charge in [-0.3, -0.25) is 0 Å². The molecule has 0 aliphatic carbocycles. The summed E-state index contributed by atoms with van der Waals surface area (Å²) in [6.45, 7) is 13.9. The Bertz CT molecular complexity index is 4550. The molecular formula is C114H147N3. The van der Waals surface area contributed by atoms with Crippen molar-refractivity contribution >= 4 is 65.4 Å². The molecule has 0 spiro atoms. The SMILES string of the molecule is CCCCCCCCCc1ccc(-c2cc3[nH]c4c(c3cc2-c2ccc(CCCCCCCCC)cc2)c2[nH]c3cc(-c5ccc(CCCCCCCCC)cc5)c(-c5ccc(CCCCCCCCC)cc5)cc3c2c2[nH]c3cc(-c5ccc(CCCCCCCCC)cc5)c(-c5ccc(CCCCCCCCC)cc5)cc3c42)cc1. The summed E-state index contributed by atoms with van der Waals surface area (Å²) in [5.74, 6) is 0. The van der Waals surface area contributed by atoms with E-state index in [1.807, 2.05) is 0 Å². The second-order valence-corrected chi connectivity index (χ2v) is 35.9. The molecule has 0 fully saturated rings. The number of hydrogen-bond donors (Lipinski definition) is 3. The lowest BCUT2D eigenvalue weighted by Gasteiger charge is -2.13. The van der Waals surface area contributed by atoms with Crippen LogP contribution in [0.1, 0.15) is 345 Å². The number of H-pyrrole nitrogens is 3. The third kappa shape index (κ3) is 23.6. The van der Waals surface area contributed by atoms with Crippen LogP contribution in [0.2, 0.25) is 0 Å². The number of hydrogen-bond acceptors (Lipinski definition) is 0. The predicted octanol–water partition coefficient (Wildman–Crippen LogP) is 36.4. The second kappa shape index (κ2) is 46.2. The van der Waals surface area contributed by atoms with Gasteiger partial charge in [-0.05, 0) is 214 Å². The molecule has 13 aromatic rings. The van der Waals surface area contributed by atoms with Gasteiger partial charge < -0.3 is 15.0 Å². The van der Waals surface area contributed by atoms with E-state index in [0.717, 1.165) is 55.1 Å². The molecule has 0 saturated carbocycles. The Labute approximate surface area is 707 Å². The van der Waals surface area contributed by atoms with Gasteiger partial charge in [0, 0.05) is 48.9 Å². The molecule has 3 N–H and O–H groups in total. The zero-order valence-corrected chi connectivity index (χ0v) is 73.8. The molecular weight excluding hydrogens is 1410 g/mol. The van der Waals surface area contributed by atoms with Crippen LogP contribution >= 0.6 is 0 Å². The lowest BCUT2D eigenvalue weighted by Crippen LogP contribution is -1.91. The Morgan fingerprint density at radius 1 is 0.162 bits per heavy atom. The normalized spacial score (nSPS) is 11.9. The van der Waals surface area contributed by atoms with Gasteiger partial charge in [-0.2, -0.15) is 0 Å². The first-order valence-corrected chi connectivity index (χ1v) is 48.5. The molecule has 0 bridgehead atoms. The van der Waals surface area contributed by atoms with Gasteiger partial charge in [0.15, 0.2) is 0 Å². The number of rotatable bonds is 54. The highest BCUT2D eigenvalue weighted by Crippen LogP contribution is 2.50. The summed E-state index contributed by atoms with van der Waals surface area (Å²) in [4.78, 5) is 13.0. The van der Waals surface area contributed by atoms with Crippen molar-refractivity contribution in [2.75, 3.05) is 0 Å². The summed E-state index contributed by atoms with van der Waals surface area (Å²) in [7, 11) is 0. The van der Waals surface area contributed by atoms with Gasteiger partial charge in [0.1, 0.15) is 0 Å². The molecule has 0 unspecified atom stereocenters. The van der Waals surface area contributed by atoms with Crippen LogP contribution in [0, 0.1) is 0 Å². The first-order chi connectivity index (χ1) is 57.8. The highest BCUT2D eigenvalue weighted by molar-refractivity contribution is 6.39. The number of aromatic nitrogens is 3. The number of fused-ring (bicyclic) bond motifs is 12. The monoisotopic (exact) mass is 1560 g/mol. The third-order valence-electron chi connectivity index (χ3n) is 26.6. The van der Waals surface area contributed by atoms with Crippen LogP contribution in [0.3, 0.4) is 0 Å². The summed E-state index contributed by atoms with van der Waals surface area (Å²) in [5, 5.41) is 7.50. The lowest BCUT2D eigenvalue weighted by molar-refractivity contribution is 0.589. The van der Waals surface area contributed by atoms with E-state index in [2.05, 4.69) is 238 Å². The van der Waals surface area contributed by atoms with E-state index < -0.39 is 0 Å². The number of benzene rings is 10. The molecule has 117 heavy (non-hydrogen) atoms. The van der Waals surface area contributed by atoms with Gasteiger partial charge in [0.05, 0.1) is 16.6 Å². The van der Waals surface area contributed by atoms with Crippen LogP contribution in [0.4, 0.5) is 0 Å². The zero-order valence-electron chi connectivity index (χ0n) is 73.8. The van der Waals surface area contributed by atoms with Crippen molar-refractivity contribution in [2.24, 2.45) is 0 Å². The summed E-state index contributed by atoms with van der Waals surface area (Å²) in [6, 6.07) is 73.8. The summed E-state index contributed by atoms with van der Waals surface area (Å²) in [6.07, 6.45) is 62.4. The van der Waals surface area contributed by atoms with Crippen molar-refractivity contribution in [3.63, 3.8) is 0 Å². The Morgan fingerprint density at radius 3 is 0.470 bits per heavy atom. The molecule has 0 radical (unpaired) electrons. The quantitative estimate of drug-likeness (QED) is 0.0318. The van der Waals surface area contributed by atoms with Gasteiger partial charge in [-0.1, -0.05) is 418 Å². The molecule has 0 saturated heterocycles. The van der Waals surface area contributed by atoms with Crippen molar-refractivity contribution in [1.82, 2.24) is 15.0 Å². The summed E-state index contributed by atoms with van der Waals surface area (Å²) in [5.41, 5.74) is 30.9.